The summed E-state index contributed by atoms with van der Waals surface area (Å²) in [6.45, 7) is 7.71. The SMILES string of the molecule is C=CCN(CC1OC(c2cccc(-c3cccc(CNC(=O)C4CCCN4C(=O)C(F)(F)F)c3)c2)OC(c2ccc(CO)cc2)C1C)C1CCCC1. The second kappa shape index (κ2) is 16.8. The number of halogens is 3. The Kier molecular flexibility index (Phi) is 12.2. The Bertz CT molecular complexity index is 1690. The van der Waals surface area contributed by atoms with Gasteiger partial charge in [-0.25, -0.2) is 0 Å². The number of carbonyl (C=O) groups excluding carboxylic acids is 2. The van der Waals surface area contributed by atoms with Crippen molar-refractivity contribution in [3.8, 4) is 11.1 Å². The van der Waals surface area contributed by atoms with Crippen LogP contribution in [0.1, 0.15) is 80.1 Å². The fourth-order valence-corrected chi connectivity index (χ4v) is 7.85. The third-order valence-corrected chi connectivity index (χ3v) is 10.7. The Morgan fingerprint density at radius 2 is 1.65 bits per heavy atom. The number of aliphatic hydroxyl groups excluding tert-OH is 1. The number of benzene rings is 3. The van der Waals surface area contributed by atoms with Crippen LogP contribution in [0.4, 0.5) is 13.2 Å². The summed E-state index contributed by atoms with van der Waals surface area (Å²) in [5, 5.41) is 12.4. The van der Waals surface area contributed by atoms with Gasteiger partial charge >= 0.3 is 12.1 Å². The van der Waals surface area contributed by atoms with Crippen LogP contribution in [-0.4, -0.2) is 70.7 Å². The highest BCUT2D eigenvalue weighted by Crippen LogP contribution is 2.43. The van der Waals surface area contributed by atoms with Crippen molar-refractivity contribution < 1.29 is 37.3 Å². The van der Waals surface area contributed by atoms with Gasteiger partial charge in [0.1, 0.15) is 6.04 Å². The average molecular weight is 720 g/mol. The van der Waals surface area contributed by atoms with Crippen LogP contribution in [0.15, 0.2) is 85.5 Å². The van der Waals surface area contributed by atoms with E-state index in [1.165, 1.54) is 25.7 Å². The predicted octanol–water partition coefficient (Wildman–Crippen LogP) is 7.24. The van der Waals surface area contributed by atoms with Gasteiger partial charge in [0.25, 0.3) is 0 Å². The first kappa shape index (κ1) is 37.7. The van der Waals surface area contributed by atoms with E-state index < -0.39 is 30.3 Å². The van der Waals surface area contributed by atoms with E-state index >= 15 is 0 Å². The molecule has 52 heavy (non-hydrogen) atoms. The first-order valence-electron chi connectivity index (χ1n) is 18.3. The van der Waals surface area contributed by atoms with Gasteiger partial charge in [0, 0.05) is 43.7 Å². The van der Waals surface area contributed by atoms with Gasteiger partial charge in [0.2, 0.25) is 5.91 Å². The highest BCUT2D eigenvalue weighted by atomic mass is 19.4. The lowest BCUT2D eigenvalue weighted by Crippen LogP contribution is -2.50. The van der Waals surface area contributed by atoms with E-state index in [9.17, 15) is 27.9 Å². The smallest absolute Gasteiger partial charge is 0.392 e. The molecule has 6 rings (SSSR count). The summed E-state index contributed by atoms with van der Waals surface area (Å²) >= 11 is 0. The van der Waals surface area contributed by atoms with Crippen LogP contribution < -0.4 is 5.32 Å². The molecule has 5 unspecified atom stereocenters. The molecule has 2 amide bonds. The van der Waals surface area contributed by atoms with Crippen molar-refractivity contribution in [3.05, 3.63) is 108 Å². The van der Waals surface area contributed by atoms with E-state index in [0.717, 1.165) is 46.5 Å². The Morgan fingerprint density at radius 3 is 2.35 bits per heavy atom. The Balaban J connectivity index is 1.20. The minimum atomic E-state index is -5.02. The molecule has 278 valence electrons. The zero-order chi connectivity index (χ0) is 36.8. The first-order valence-corrected chi connectivity index (χ1v) is 18.3. The van der Waals surface area contributed by atoms with E-state index in [2.05, 4.69) is 23.7 Å². The number of nitrogens with zero attached hydrogens (tertiary/aromatic N) is 2. The van der Waals surface area contributed by atoms with Crippen molar-refractivity contribution in [2.75, 3.05) is 19.6 Å². The molecule has 1 saturated carbocycles. The molecular weight excluding hydrogens is 671 g/mol. The fourth-order valence-electron chi connectivity index (χ4n) is 7.85. The van der Waals surface area contributed by atoms with Crippen molar-refractivity contribution in [1.82, 2.24) is 15.1 Å². The summed E-state index contributed by atoms with van der Waals surface area (Å²) in [7, 11) is 0. The maximum atomic E-state index is 13.1. The molecule has 0 aromatic heterocycles. The third kappa shape index (κ3) is 8.77. The largest absolute Gasteiger partial charge is 0.471 e. The Labute approximate surface area is 303 Å². The Hall–Kier alpha value is -4.03. The van der Waals surface area contributed by atoms with Crippen LogP contribution >= 0.6 is 0 Å². The average Bonchev–Trinajstić information content (AvgIpc) is 3.88. The van der Waals surface area contributed by atoms with Gasteiger partial charge in [-0.3, -0.25) is 14.5 Å². The molecule has 2 heterocycles. The lowest BCUT2D eigenvalue weighted by Gasteiger charge is -2.43. The lowest BCUT2D eigenvalue weighted by molar-refractivity contribution is -0.276. The zero-order valence-corrected chi connectivity index (χ0v) is 29.6. The molecule has 1 aliphatic carbocycles. The number of carbonyl (C=O) groups is 2. The first-order chi connectivity index (χ1) is 25.0. The maximum absolute atomic E-state index is 13.1. The van der Waals surface area contributed by atoms with Gasteiger partial charge in [-0.15, -0.1) is 6.58 Å². The standard InChI is InChI=1S/C41H48F3N3O5/c1-3-20-46(34-13-4-5-14-34)25-36-27(2)37(30-18-16-28(26-48)17-19-30)52-39(51-36)33-12-7-11-32(23-33)31-10-6-9-29(22-31)24-45-38(49)35-15-8-21-47(35)40(50)41(42,43)44/h3,6-7,9-12,16-19,22-23,27,34-37,39,48H,1,4-5,8,13-15,20-21,24-26H2,2H3,(H,45,49). The maximum Gasteiger partial charge on any atom is 0.471 e. The molecule has 2 N–H and O–H groups in total. The number of aliphatic hydroxyl groups is 1. The topological polar surface area (TPSA) is 91.3 Å². The van der Waals surface area contributed by atoms with Crippen LogP contribution in [-0.2, 0) is 32.2 Å². The minimum Gasteiger partial charge on any atom is -0.392 e. The summed E-state index contributed by atoms with van der Waals surface area (Å²) in [6.07, 6.45) is 1.25. The van der Waals surface area contributed by atoms with Gasteiger partial charge in [0.05, 0.1) is 18.8 Å². The van der Waals surface area contributed by atoms with Gasteiger partial charge in [-0.2, -0.15) is 13.2 Å². The molecule has 3 aliphatic rings. The second-order valence-corrected chi connectivity index (χ2v) is 14.2. The number of amides is 2. The number of rotatable bonds is 12. The molecule has 2 aliphatic heterocycles. The van der Waals surface area contributed by atoms with Crippen LogP contribution in [0.2, 0.25) is 0 Å². The van der Waals surface area contributed by atoms with Gasteiger partial charge in [0.15, 0.2) is 6.29 Å². The van der Waals surface area contributed by atoms with Crippen molar-refractivity contribution >= 4 is 11.8 Å². The fraction of sp³-hybridized carbons (Fsp3) is 0.463. The monoisotopic (exact) mass is 719 g/mol. The van der Waals surface area contributed by atoms with E-state index in [4.69, 9.17) is 9.47 Å². The molecule has 2 saturated heterocycles. The van der Waals surface area contributed by atoms with Crippen molar-refractivity contribution in [1.29, 1.82) is 0 Å². The summed E-state index contributed by atoms with van der Waals surface area (Å²) in [5.41, 5.74) is 5.28. The number of likely N-dealkylation sites (tertiary alicyclic amines) is 1. The molecule has 8 nitrogen and oxygen atoms in total. The van der Waals surface area contributed by atoms with Gasteiger partial charge in [-0.05, 0) is 65.6 Å². The number of ether oxygens (including phenoxy) is 2. The Morgan fingerprint density at radius 1 is 0.942 bits per heavy atom. The summed E-state index contributed by atoms with van der Waals surface area (Å²) in [4.78, 5) is 27.9. The van der Waals surface area contributed by atoms with E-state index in [1.54, 1.807) is 0 Å². The van der Waals surface area contributed by atoms with Crippen LogP contribution in [0.25, 0.3) is 11.1 Å². The van der Waals surface area contributed by atoms with Crippen molar-refractivity contribution in [2.24, 2.45) is 5.92 Å². The predicted molar refractivity (Wildman–Crippen MR) is 192 cm³/mol. The van der Waals surface area contributed by atoms with E-state index in [0.29, 0.717) is 17.4 Å². The molecule has 3 fully saturated rings. The molecule has 3 aromatic rings. The minimum absolute atomic E-state index is 0.0317. The lowest BCUT2D eigenvalue weighted by atomic mass is 9.89. The number of alkyl halides is 3. The van der Waals surface area contributed by atoms with Crippen LogP contribution in [0, 0.1) is 5.92 Å². The highest BCUT2D eigenvalue weighted by molar-refractivity contribution is 5.90. The van der Waals surface area contributed by atoms with Crippen LogP contribution in [0.3, 0.4) is 0 Å². The molecular formula is C41H48F3N3O5. The summed E-state index contributed by atoms with van der Waals surface area (Å²) in [6, 6.07) is 22.8. The van der Waals surface area contributed by atoms with E-state index in [-0.39, 0.29) is 44.2 Å². The van der Waals surface area contributed by atoms with Crippen LogP contribution in [0.5, 0.6) is 0 Å². The number of nitrogens with one attached hydrogen (secondary N) is 1. The quantitative estimate of drug-likeness (QED) is 0.192. The molecule has 0 bridgehead atoms. The molecule has 5 atom stereocenters. The molecule has 0 radical (unpaired) electrons. The second-order valence-electron chi connectivity index (χ2n) is 14.2. The number of hydrogen-bond donors (Lipinski definition) is 2. The normalized spacial score (nSPS) is 24.0. The summed E-state index contributed by atoms with van der Waals surface area (Å²) < 4.78 is 52.8. The van der Waals surface area contributed by atoms with Crippen molar-refractivity contribution in [3.63, 3.8) is 0 Å². The summed E-state index contributed by atoms with van der Waals surface area (Å²) in [5.74, 6) is -2.53. The molecule has 3 aromatic carbocycles. The highest BCUT2D eigenvalue weighted by Gasteiger charge is 2.47. The zero-order valence-electron chi connectivity index (χ0n) is 29.6. The van der Waals surface area contributed by atoms with Gasteiger partial charge in [-0.1, -0.05) is 86.5 Å². The number of hydrogen-bond acceptors (Lipinski definition) is 6. The van der Waals surface area contributed by atoms with Gasteiger partial charge < -0.3 is 24.8 Å². The third-order valence-electron chi connectivity index (χ3n) is 10.7. The molecule has 11 heteroatoms. The van der Waals surface area contributed by atoms with Crippen molar-refractivity contribution in [2.45, 2.75) is 95.4 Å². The van der Waals surface area contributed by atoms with E-state index in [1.807, 2.05) is 78.9 Å². The molecule has 0 spiro atoms.